The van der Waals surface area contributed by atoms with Gasteiger partial charge >= 0.3 is 0 Å². The van der Waals surface area contributed by atoms with E-state index in [1.807, 2.05) is 24.3 Å². The molecule has 0 aliphatic heterocycles. The molecule has 3 rings (SSSR count). The zero-order chi connectivity index (χ0) is 12.5. The number of hydrogen-bond donors (Lipinski definition) is 1. The number of rotatable bonds is 4. The second-order valence-corrected chi connectivity index (χ2v) is 5.31. The van der Waals surface area contributed by atoms with Crippen LogP contribution in [0.4, 0.5) is 0 Å². The third-order valence-corrected chi connectivity index (χ3v) is 4.35. The minimum absolute atomic E-state index is 0.232. The molecular weight excluding hydrogens is 226 g/mol. The number of fused-ring (bicyclic) bond motifs is 1. The highest BCUT2D eigenvalue weighted by atomic mass is 16.5. The molecule has 2 saturated carbocycles. The largest absolute Gasteiger partial charge is 0.496 e. The van der Waals surface area contributed by atoms with Gasteiger partial charge in [0.05, 0.1) is 7.11 Å². The van der Waals surface area contributed by atoms with Crippen LogP contribution in [0.15, 0.2) is 24.3 Å². The molecule has 1 aromatic carbocycles. The van der Waals surface area contributed by atoms with E-state index < -0.39 is 0 Å². The van der Waals surface area contributed by atoms with Crippen LogP contribution in [0.2, 0.25) is 0 Å². The standard InChI is InChI=1S/C15H19NO2/c1-18-13-8-3-2-5-10(13)9-16-15(17)14-11-6-4-7-12(11)14/h2-3,5,8,11-12,14H,4,6-7,9H2,1H3,(H,16,17)/t11-,12-/m0/s1. The van der Waals surface area contributed by atoms with Gasteiger partial charge in [0, 0.05) is 18.0 Å². The van der Waals surface area contributed by atoms with Gasteiger partial charge in [-0.2, -0.15) is 0 Å². The molecule has 3 nitrogen and oxygen atoms in total. The van der Waals surface area contributed by atoms with Gasteiger partial charge in [-0.15, -0.1) is 0 Å². The predicted octanol–water partition coefficient (Wildman–Crippen LogP) is 2.36. The summed E-state index contributed by atoms with van der Waals surface area (Å²) in [4.78, 5) is 12.0. The van der Waals surface area contributed by atoms with Crippen LogP contribution < -0.4 is 10.1 Å². The zero-order valence-electron chi connectivity index (χ0n) is 10.7. The molecule has 0 unspecified atom stereocenters. The van der Waals surface area contributed by atoms with Gasteiger partial charge in [0.15, 0.2) is 0 Å². The molecule has 0 radical (unpaired) electrons. The first-order valence-corrected chi connectivity index (χ1v) is 6.71. The second-order valence-electron chi connectivity index (χ2n) is 5.31. The van der Waals surface area contributed by atoms with E-state index in [-0.39, 0.29) is 5.91 Å². The summed E-state index contributed by atoms with van der Waals surface area (Å²) in [6.07, 6.45) is 3.81. The minimum atomic E-state index is 0.232. The maximum Gasteiger partial charge on any atom is 0.223 e. The molecule has 0 bridgehead atoms. The summed E-state index contributed by atoms with van der Waals surface area (Å²) in [7, 11) is 1.66. The molecule has 2 fully saturated rings. The molecule has 1 aromatic rings. The summed E-state index contributed by atoms with van der Waals surface area (Å²) in [5.74, 6) is 2.74. The first kappa shape index (κ1) is 11.6. The maximum absolute atomic E-state index is 12.0. The summed E-state index contributed by atoms with van der Waals surface area (Å²) >= 11 is 0. The lowest BCUT2D eigenvalue weighted by atomic mass is 10.1. The molecule has 2 atom stereocenters. The summed E-state index contributed by atoms with van der Waals surface area (Å²) in [5, 5.41) is 3.05. The van der Waals surface area contributed by atoms with Crippen molar-refractivity contribution in [1.29, 1.82) is 0 Å². The van der Waals surface area contributed by atoms with Crippen LogP contribution in [-0.2, 0) is 11.3 Å². The number of methoxy groups -OCH3 is 1. The molecular formula is C15H19NO2. The molecule has 0 aromatic heterocycles. The molecule has 18 heavy (non-hydrogen) atoms. The quantitative estimate of drug-likeness (QED) is 0.884. The number of ether oxygens (including phenoxy) is 1. The first-order valence-electron chi connectivity index (χ1n) is 6.71. The molecule has 2 aliphatic rings. The number of benzene rings is 1. The Kier molecular flexibility index (Phi) is 2.98. The van der Waals surface area contributed by atoms with E-state index in [0.717, 1.165) is 11.3 Å². The second kappa shape index (κ2) is 4.63. The highest BCUT2D eigenvalue weighted by Gasteiger charge is 2.56. The molecule has 2 aliphatic carbocycles. The summed E-state index contributed by atoms with van der Waals surface area (Å²) in [6, 6.07) is 7.82. The van der Waals surface area contributed by atoms with Crippen molar-refractivity contribution < 1.29 is 9.53 Å². The Morgan fingerprint density at radius 3 is 2.78 bits per heavy atom. The molecule has 1 N–H and O–H groups in total. The minimum Gasteiger partial charge on any atom is -0.496 e. The van der Waals surface area contributed by atoms with Crippen LogP contribution >= 0.6 is 0 Å². The Bertz CT molecular complexity index is 448. The molecule has 0 spiro atoms. The molecule has 1 amide bonds. The van der Waals surface area contributed by atoms with Crippen molar-refractivity contribution in [2.75, 3.05) is 7.11 Å². The SMILES string of the molecule is COc1ccccc1CNC(=O)C1[C@H]2CCC[C@H]12. The van der Waals surface area contributed by atoms with Crippen molar-refractivity contribution in [2.45, 2.75) is 25.8 Å². The van der Waals surface area contributed by atoms with E-state index in [1.54, 1.807) is 7.11 Å². The Balaban J connectivity index is 1.56. The molecule has 96 valence electrons. The lowest BCUT2D eigenvalue weighted by Crippen LogP contribution is -2.26. The number of para-hydroxylation sites is 1. The fraction of sp³-hybridized carbons (Fsp3) is 0.533. The van der Waals surface area contributed by atoms with E-state index in [1.165, 1.54) is 19.3 Å². The predicted molar refractivity (Wildman–Crippen MR) is 69.2 cm³/mol. The summed E-state index contributed by atoms with van der Waals surface area (Å²) < 4.78 is 5.28. The van der Waals surface area contributed by atoms with E-state index in [4.69, 9.17) is 4.74 Å². The lowest BCUT2D eigenvalue weighted by molar-refractivity contribution is -0.123. The normalized spacial score (nSPS) is 28.6. The Morgan fingerprint density at radius 1 is 1.33 bits per heavy atom. The number of carbonyl (C=O) groups is 1. The van der Waals surface area contributed by atoms with Gasteiger partial charge < -0.3 is 10.1 Å². The average molecular weight is 245 g/mol. The van der Waals surface area contributed by atoms with Crippen LogP contribution in [0.1, 0.15) is 24.8 Å². The van der Waals surface area contributed by atoms with Crippen molar-refractivity contribution >= 4 is 5.91 Å². The van der Waals surface area contributed by atoms with Gasteiger partial charge in [0.1, 0.15) is 5.75 Å². The summed E-state index contributed by atoms with van der Waals surface area (Å²) in [5.41, 5.74) is 1.04. The van der Waals surface area contributed by atoms with Crippen molar-refractivity contribution in [3.63, 3.8) is 0 Å². The van der Waals surface area contributed by atoms with Gasteiger partial charge in [-0.25, -0.2) is 0 Å². The van der Waals surface area contributed by atoms with Crippen LogP contribution in [0.5, 0.6) is 5.75 Å². The van der Waals surface area contributed by atoms with E-state index in [2.05, 4.69) is 5.32 Å². The van der Waals surface area contributed by atoms with Gasteiger partial charge in [0.25, 0.3) is 0 Å². The molecule has 0 saturated heterocycles. The van der Waals surface area contributed by atoms with Gasteiger partial charge in [-0.1, -0.05) is 24.6 Å². The van der Waals surface area contributed by atoms with Crippen molar-refractivity contribution in [1.82, 2.24) is 5.32 Å². The van der Waals surface area contributed by atoms with Crippen molar-refractivity contribution in [3.05, 3.63) is 29.8 Å². The lowest BCUT2D eigenvalue weighted by Gasteiger charge is -2.10. The number of hydrogen-bond acceptors (Lipinski definition) is 2. The van der Waals surface area contributed by atoms with Gasteiger partial charge in [-0.3, -0.25) is 4.79 Å². The number of amides is 1. The topological polar surface area (TPSA) is 38.3 Å². The van der Waals surface area contributed by atoms with Crippen LogP contribution in [0.3, 0.4) is 0 Å². The fourth-order valence-electron chi connectivity index (χ4n) is 3.36. The maximum atomic E-state index is 12.0. The highest BCUT2D eigenvalue weighted by molar-refractivity contribution is 5.82. The van der Waals surface area contributed by atoms with Crippen LogP contribution in [-0.4, -0.2) is 13.0 Å². The van der Waals surface area contributed by atoms with Crippen molar-refractivity contribution in [2.24, 2.45) is 17.8 Å². The first-order chi connectivity index (χ1) is 8.81. The van der Waals surface area contributed by atoms with E-state index >= 15 is 0 Å². The smallest absolute Gasteiger partial charge is 0.223 e. The third-order valence-electron chi connectivity index (χ3n) is 4.35. The van der Waals surface area contributed by atoms with Crippen LogP contribution in [0, 0.1) is 17.8 Å². The van der Waals surface area contributed by atoms with E-state index in [9.17, 15) is 4.79 Å². The fourth-order valence-corrected chi connectivity index (χ4v) is 3.36. The summed E-state index contributed by atoms with van der Waals surface area (Å²) in [6.45, 7) is 0.568. The number of carbonyl (C=O) groups excluding carboxylic acids is 1. The molecule has 3 heteroatoms. The van der Waals surface area contributed by atoms with Gasteiger partial charge in [0.2, 0.25) is 5.91 Å². The van der Waals surface area contributed by atoms with Gasteiger partial charge in [-0.05, 0) is 30.7 Å². The zero-order valence-corrected chi connectivity index (χ0v) is 10.7. The highest BCUT2D eigenvalue weighted by Crippen LogP contribution is 2.57. The van der Waals surface area contributed by atoms with Crippen LogP contribution in [0.25, 0.3) is 0 Å². The Labute approximate surface area is 108 Å². The third kappa shape index (κ3) is 1.98. The van der Waals surface area contributed by atoms with Crippen molar-refractivity contribution in [3.8, 4) is 5.75 Å². The molecule has 0 heterocycles. The Morgan fingerprint density at radius 2 is 2.06 bits per heavy atom. The average Bonchev–Trinajstić information content (AvgIpc) is 2.89. The monoisotopic (exact) mass is 245 g/mol. The number of nitrogens with one attached hydrogen (secondary N) is 1. The Hall–Kier alpha value is -1.51. The van der Waals surface area contributed by atoms with E-state index in [0.29, 0.717) is 24.3 Å².